The van der Waals surface area contributed by atoms with Crippen molar-refractivity contribution in [3.8, 4) is 0 Å². The van der Waals surface area contributed by atoms with Gasteiger partial charge in [0.15, 0.2) is 6.29 Å². The lowest BCUT2D eigenvalue weighted by atomic mass is 10.2. The minimum Gasteiger partial charge on any atom is -0.399 e. The summed E-state index contributed by atoms with van der Waals surface area (Å²) in [4.78, 5) is 20.6. The zero-order chi connectivity index (χ0) is 26.3. The number of aldehydes is 1. The second kappa shape index (κ2) is 14.8. The minimum absolute atomic E-state index is 0.442. The van der Waals surface area contributed by atoms with E-state index in [9.17, 15) is 4.79 Å². The molecule has 1 aliphatic rings. The van der Waals surface area contributed by atoms with Crippen LogP contribution in [0.5, 0.6) is 0 Å². The zero-order valence-electron chi connectivity index (χ0n) is 21.4. The van der Waals surface area contributed by atoms with Crippen molar-refractivity contribution in [2.45, 2.75) is 39.8 Å². The molecule has 6 nitrogen and oxygen atoms in total. The molecule has 0 aliphatic carbocycles. The highest BCUT2D eigenvalue weighted by Gasteiger charge is 2.46. The topological polar surface area (TPSA) is 95.7 Å². The van der Waals surface area contributed by atoms with Crippen LogP contribution in [0, 0.1) is 19.3 Å². The van der Waals surface area contributed by atoms with Gasteiger partial charge >= 0.3 is 0 Å². The van der Waals surface area contributed by atoms with Crippen LogP contribution >= 0.6 is 0 Å². The van der Waals surface area contributed by atoms with Crippen LogP contribution in [0.2, 0.25) is 0 Å². The summed E-state index contributed by atoms with van der Waals surface area (Å²) in [5, 5.41) is 6.08. The Morgan fingerprint density at radius 1 is 0.833 bits per heavy atom. The van der Waals surface area contributed by atoms with Crippen LogP contribution in [-0.4, -0.2) is 28.5 Å². The van der Waals surface area contributed by atoms with Gasteiger partial charge in [0.2, 0.25) is 0 Å². The van der Waals surface area contributed by atoms with E-state index in [4.69, 9.17) is 11.1 Å². The van der Waals surface area contributed by atoms with Crippen LogP contribution in [0.4, 0.5) is 11.4 Å². The Balaban J connectivity index is 0.000000201. The third-order valence-corrected chi connectivity index (χ3v) is 5.49. The number of carbonyl (C=O) groups is 1. The molecule has 2 atom stereocenters. The van der Waals surface area contributed by atoms with Crippen LogP contribution in [0.1, 0.15) is 47.2 Å². The summed E-state index contributed by atoms with van der Waals surface area (Å²) < 4.78 is 0. The molecule has 0 amide bonds. The van der Waals surface area contributed by atoms with Gasteiger partial charge in [0, 0.05) is 23.8 Å². The van der Waals surface area contributed by atoms with Crippen molar-refractivity contribution in [3.63, 3.8) is 0 Å². The molecule has 2 aromatic heterocycles. The number of nitrogens with two attached hydrogens (primary N) is 1. The minimum atomic E-state index is 0.442. The van der Waals surface area contributed by atoms with E-state index in [1.165, 1.54) is 23.2 Å². The van der Waals surface area contributed by atoms with Crippen molar-refractivity contribution >= 4 is 23.9 Å². The standard InChI is InChI=1S/C15H16N2.C7H9N.C6H5NO.C2H5N/c1-11-7-3-4-9-14(11)17-12(2)15(17)13-8-5-6-10-16-13;1-6-4-2-3-5-7(6)8;8-5-6-3-1-2-4-7-6;1-2-3/h3-10,12,15H,1-2H3;2-5H,8H2,1H3;1-5H;2-3H,1H3/t12-,15-,17?;;;/m0.../s1. The summed E-state index contributed by atoms with van der Waals surface area (Å²) in [5.74, 6) is 0. The molecule has 0 saturated carbocycles. The van der Waals surface area contributed by atoms with E-state index in [1.807, 2.05) is 43.5 Å². The van der Waals surface area contributed by atoms with E-state index in [0.717, 1.165) is 17.5 Å². The van der Waals surface area contributed by atoms with Gasteiger partial charge in [0.25, 0.3) is 0 Å². The molecule has 3 heterocycles. The monoisotopic (exact) mass is 481 g/mol. The predicted molar refractivity (Wildman–Crippen MR) is 150 cm³/mol. The third-order valence-electron chi connectivity index (χ3n) is 5.49. The van der Waals surface area contributed by atoms with Crippen LogP contribution in [0.3, 0.4) is 0 Å². The van der Waals surface area contributed by atoms with Crippen molar-refractivity contribution in [2.24, 2.45) is 0 Å². The number of carbonyl (C=O) groups excluding carboxylic acids is 1. The summed E-state index contributed by atoms with van der Waals surface area (Å²) in [6.45, 7) is 8.08. The smallest absolute Gasteiger partial charge is 0.168 e. The second-order valence-corrected chi connectivity index (χ2v) is 8.15. The molecule has 6 heteroatoms. The first-order valence-electron chi connectivity index (χ1n) is 11.8. The highest BCUT2D eigenvalue weighted by Crippen LogP contribution is 2.46. The number of aryl methyl sites for hydroxylation is 2. The quantitative estimate of drug-likeness (QED) is 0.151. The van der Waals surface area contributed by atoms with Crippen molar-refractivity contribution in [1.82, 2.24) is 9.97 Å². The Morgan fingerprint density at radius 3 is 1.83 bits per heavy atom. The molecule has 5 rings (SSSR count). The lowest BCUT2D eigenvalue weighted by Crippen LogP contribution is -1.98. The number of hydrogen-bond acceptors (Lipinski definition) is 6. The molecule has 2 aromatic carbocycles. The fourth-order valence-electron chi connectivity index (χ4n) is 3.54. The number of benzene rings is 2. The zero-order valence-corrected chi connectivity index (χ0v) is 21.4. The molecular formula is C30H35N5O. The lowest BCUT2D eigenvalue weighted by Gasteiger charge is -2.08. The fourth-order valence-corrected chi connectivity index (χ4v) is 3.54. The summed E-state index contributed by atoms with van der Waals surface area (Å²) in [7, 11) is 0. The highest BCUT2D eigenvalue weighted by atomic mass is 16.1. The SMILES string of the molecule is CC=N.Cc1ccccc1N.Cc1ccccc1N1[C@H](c2ccccn2)[C@@H]1C.O=Cc1ccccn1. The van der Waals surface area contributed by atoms with Crippen molar-refractivity contribution in [2.75, 3.05) is 10.6 Å². The van der Waals surface area contributed by atoms with E-state index in [-0.39, 0.29) is 0 Å². The van der Waals surface area contributed by atoms with Gasteiger partial charge in [-0.2, -0.15) is 0 Å². The van der Waals surface area contributed by atoms with Crippen LogP contribution < -0.4 is 10.6 Å². The van der Waals surface area contributed by atoms with E-state index in [1.54, 1.807) is 31.3 Å². The second-order valence-electron chi connectivity index (χ2n) is 8.15. The molecule has 1 fully saturated rings. The van der Waals surface area contributed by atoms with E-state index in [2.05, 4.69) is 65.1 Å². The van der Waals surface area contributed by atoms with Crippen LogP contribution in [-0.2, 0) is 0 Å². The summed E-state index contributed by atoms with van der Waals surface area (Å²) in [6.07, 6.45) is 5.43. The maximum absolute atomic E-state index is 9.94. The number of anilines is 2. The van der Waals surface area contributed by atoms with Crippen molar-refractivity contribution in [1.29, 1.82) is 5.41 Å². The lowest BCUT2D eigenvalue weighted by molar-refractivity contribution is 0.111. The molecule has 0 bridgehead atoms. The van der Waals surface area contributed by atoms with E-state index < -0.39 is 0 Å². The van der Waals surface area contributed by atoms with Crippen molar-refractivity contribution in [3.05, 3.63) is 120 Å². The van der Waals surface area contributed by atoms with E-state index >= 15 is 0 Å². The molecule has 1 saturated heterocycles. The van der Waals surface area contributed by atoms with Gasteiger partial charge in [-0.25, -0.2) is 0 Å². The Hall–Kier alpha value is -4.32. The van der Waals surface area contributed by atoms with Gasteiger partial charge in [-0.3, -0.25) is 14.8 Å². The van der Waals surface area contributed by atoms with Gasteiger partial charge in [-0.1, -0.05) is 48.5 Å². The largest absolute Gasteiger partial charge is 0.399 e. The molecule has 186 valence electrons. The van der Waals surface area contributed by atoms with Gasteiger partial charge < -0.3 is 16.0 Å². The third kappa shape index (κ3) is 8.47. The number of nitrogens with one attached hydrogen (secondary N) is 1. The predicted octanol–water partition coefficient (Wildman–Crippen LogP) is 6.47. The first-order chi connectivity index (χ1) is 17.4. The van der Waals surface area contributed by atoms with Gasteiger partial charge in [-0.15, -0.1) is 0 Å². The molecule has 0 spiro atoms. The fraction of sp³-hybridized carbons (Fsp3) is 0.200. The van der Waals surface area contributed by atoms with Crippen molar-refractivity contribution < 1.29 is 4.79 Å². The van der Waals surface area contributed by atoms with Crippen LogP contribution in [0.25, 0.3) is 0 Å². The van der Waals surface area contributed by atoms with Gasteiger partial charge in [-0.05, 0) is 81.4 Å². The number of nitrogens with zero attached hydrogens (tertiary/aromatic N) is 3. The Bertz CT molecular complexity index is 1180. The molecular weight excluding hydrogens is 446 g/mol. The molecule has 1 aliphatic heterocycles. The Kier molecular flexibility index (Phi) is 11.5. The summed E-state index contributed by atoms with van der Waals surface area (Å²) in [5.41, 5.74) is 11.8. The summed E-state index contributed by atoms with van der Waals surface area (Å²) in [6, 6.07) is 28.7. The first kappa shape index (κ1) is 27.9. The van der Waals surface area contributed by atoms with Crippen LogP contribution in [0.15, 0.2) is 97.3 Å². The summed E-state index contributed by atoms with van der Waals surface area (Å²) >= 11 is 0. The number of hydrogen-bond donors (Lipinski definition) is 2. The highest BCUT2D eigenvalue weighted by molar-refractivity contribution is 5.71. The molecule has 36 heavy (non-hydrogen) atoms. The maximum Gasteiger partial charge on any atom is 0.168 e. The first-order valence-corrected chi connectivity index (χ1v) is 11.8. The average molecular weight is 482 g/mol. The van der Waals surface area contributed by atoms with Gasteiger partial charge in [0.1, 0.15) is 5.69 Å². The molecule has 3 N–H and O–H groups in total. The maximum atomic E-state index is 9.94. The molecule has 0 radical (unpaired) electrons. The van der Waals surface area contributed by atoms with Gasteiger partial charge in [0.05, 0.1) is 17.8 Å². The molecule has 0 unspecified atom stereocenters. The number of nitrogen functional groups attached to an aromatic ring is 1. The number of para-hydroxylation sites is 2. The number of aromatic nitrogens is 2. The van der Waals surface area contributed by atoms with E-state index in [0.29, 0.717) is 17.8 Å². The normalized spacial score (nSPS) is 14.9. The molecule has 4 aromatic rings. The average Bonchev–Trinajstić information content (AvgIpc) is 3.58. The Morgan fingerprint density at radius 2 is 1.39 bits per heavy atom. The number of pyridine rings is 2. The Labute approximate surface area is 214 Å². The number of rotatable bonds is 3.